The first-order chi connectivity index (χ1) is 13.5. The zero-order chi connectivity index (χ0) is 19.9. The highest BCUT2D eigenvalue weighted by Gasteiger charge is 2.07. The molecule has 0 fully saturated rings. The summed E-state index contributed by atoms with van der Waals surface area (Å²) in [7, 11) is 0. The van der Waals surface area contributed by atoms with Crippen LogP contribution in [0.15, 0.2) is 76.3 Å². The van der Waals surface area contributed by atoms with E-state index in [4.69, 9.17) is 4.74 Å². The molecule has 7 heteroatoms. The van der Waals surface area contributed by atoms with E-state index in [-0.39, 0.29) is 5.75 Å². The van der Waals surface area contributed by atoms with Crippen molar-refractivity contribution < 1.29 is 14.6 Å². The molecule has 142 valence electrons. The van der Waals surface area contributed by atoms with Crippen LogP contribution in [0.1, 0.15) is 21.5 Å². The second-order valence-corrected chi connectivity index (χ2v) is 7.85. The van der Waals surface area contributed by atoms with Gasteiger partial charge in [0.05, 0.1) is 14.3 Å². The molecule has 3 aromatic rings. The van der Waals surface area contributed by atoms with Crippen molar-refractivity contribution in [1.82, 2.24) is 5.43 Å². The van der Waals surface area contributed by atoms with Crippen LogP contribution in [0.5, 0.6) is 11.5 Å². The zero-order valence-corrected chi connectivity index (χ0v) is 18.3. The molecule has 0 spiro atoms. The third-order valence-corrected chi connectivity index (χ3v) is 5.31. The van der Waals surface area contributed by atoms with Gasteiger partial charge in [0.1, 0.15) is 18.1 Å². The second-order valence-electron chi connectivity index (χ2n) is 5.83. The summed E-state index contributed by atoms with van der Waals surface area (Å²) in [4.78, 5) is 12.1. The Kier molecular flexibility index (Phi) is 7.05. The first kappa shape index (κ1) is 20.3. The predicted octanol–water partition coefficient (Wildman–Crippen LogP) is 5.10. The highest BCUT2D eigenvalue weighted by Crippen LogP contribution is 2.26. The van der Waals surface area contributed by atoms with Gasteiger partial charge in [0.2, 0.25) is 0 Å². The van der Waals surface area contributed by atoms with Gasteiger partial charge in [-0.25, -0.2) is 5.43 Å². The lowest BCUT2D eigenvalue weighted by molar-refractivity contribution is 0.0954. The van der Waals surface area contributed by atoms with Gasteiger partial charge in [0.15, 0.2) is 0 Å². The topological polar surface area (TPSA) is 70.9 Å². The van der Waals surface area contributed by atoms with E-state index in [0.717, 1.165) is 21.3 Å². The number of aromatic hydroxyl groups is 1. The van der Waals surface area contributed by atoms with Crippen molar-refractivity contribution in [2.75, 3.05) is 0 Å². The van der Waals surface area contributed by atoms with Crippen molar-refractivity contribution in [1.29, 1.82) is 0 Å². The minimum Gasteiger partial charge on any atom is -0.507 e. The van der Waals surface area contributed by atoms with Gasteiger partial charge in [0, 0.05) is 5.56 Å². The van der Waals surface area contributed by atoms with Crippen LogP contribution in [0.2, 0.25) is 0 Å². The summed E-state index contributed by atoms with van der Waals surface area (Å²) in [6.45, 7) is 0.478. The standard InChI is InChI=1S/C21H16BrIN2O3/c22-17-10-15(6-9-20(17)28-13-14-4-2-1-3-5-14)12-24-25-21(27)16-7-8-18(23)19(26)11-16/h1-12,26H,13H2,(H,25,27)/b24-12-. The minimum atomic E-state index is -0.398. The number of amides is 1. The smallest absolute Gasteiger partial charge is 0.271 e. The van der Waals surface area contributed by atoms with Crippen LogP contribution < -0.4 is 10.2 Å². The number of nitrogens with zero attached hydrogens (tertiary/aromatic N) is 1. The normalized spacial score (nSPS) is 10.8. The van der Waals surface area contributed by atoms with Gasteiger partial charge in [-0.1, -0.05) is 30.3 Å². The third kappa shape index (κ3) is 5.56. The van der Waals surface area contributed by atoms with E-state index in [2.05, 4.69) is 26.5 Å². The summed E-state index contributed by atoms with van der Waals surface area (Å²) in [6, 6.07) is 20.2. The summed E-state index contributed by atoms with van der Waals surface area (Å²) in [5.74, 6) is 0.386. The first-order valence-electron chi connectivity index (χ1n) is 8.31. The second kappa shape index (κ2) is 9.70. The quantitative estimate of drug-likeness (QED) is 0.255. The van der Waals surface area contributed by atoms with Gasteiger partial charge < -0.3 is 9.84 Å². The molecule has 0 saturated carbocycles. The van der Waals surface area contributed by atoms with Gasteiger partial charge in [-0.15, -0.1) is 0 Å². The van der Waals surface area contributed by atoms with Crippen molar-refractivity contribution in [3.8, 4) is 11.5 Å². The number of carbonyl (C=O) groups excluding carboxylic acids is 1. The van der Waals surface area contributed by atoms with Crippen LogP contribution in [0.25, 0.3) is 0 Å². The number of hydrogen-bond donors (Lipinski definition) is 2. The highest BCUT2D eigenvalue weighted by molar-refractivity contribution is 14.1. The Balaban J connectivity index is 1.59. The molecular formula is C21H16BrIN2O3. The molecule has 0 unspecified atom stereocenters. The number of carbonyl (C=O) groups is 1. The molecule has 28 heavy (non-hydrogen) atoms. The number of benzene rings is 3. The van der Waals surface area contributed by atoms with E-state index in [9.17, 15) is 9.90 Å². The number of halogens is 2. The number of nitrogens with one attached hydrogen (secondary N) is 1. The fraction of sp³-hybridized carbons (Fsp3) is 0.0476. The fourth-order valence-electron chi connectivity index (χ4n) is 2.33. The molecule has 0 atom stereocenters. The van der Waals surface area contributed by atoms with E-state index >= 15 is 0 Å². The maximum atomic E-state index is 12.1. The van der Waals surface area contributed by atoms with Gasteiger partial charge in [-0.05, 0) is 86.0 Å². The average molecular weight is 551 g/mol. The molecule has 1 amide bonds. The van der Waals surface area contributed by atoms with E-state index in [1.165, 1.54) is 12.3 Å². The largest absolute Gasteiger partial charge is 0.507 e. The Morgan fingerprint density at radius 2 is 1.93 bits per heavy atom. The van der Waals surface area contributed by atoms with Gasteiger partial charge in [0.25, 0.3) is 5.91 Å². The Hall–Kier alpha value is -2.39. The van der Waals surface area contributed by atoms with Crippen LogP contribution in [-0.2, 0) is 6.61 Å². The van der Waals surface area contributed by atoms with Gasteiger partial charge >= 0.3 is 0 Å². The fourth-order valence-corrected chi connectivity index (χ4v) is 3.18. The van der Waals surface area contributed by atoms with Crippen molar-refractivity contribution in [3.63, 3.8) is 0 Å². The Bertz CT molecular complexity index is 1010. The molecule has 0 bridgehead atoms. The molecule has 0 aromatic heterocycles. The number of phenols is 1. The molecule has 5 nitrogen and oxygen atoms in total. The lowest BCUT2D eigenvalue weighted by Crippen LogP contribution is -2.17. The molecule has 0 saturated heterocycles. The summed E-state index contributed by atoms with van der Waals surface area (Å²) < 4.78 is 7.28. The van der Waals surface area contributed by atoms with Gasteiger partial charge in [-0.3, -0.25) is 4.79 Å². The van der Waals surface area contributed by atoms with Crippen LogP contribution in [-0.4, -0.2) is 17.2 Å². The molecular weight excluding hydrogens is 535 g/mol. The van der Waals surface area contributed by atoms with Gasteiger partial charge in [-0.2, -0.15) is 5.10 Å². The van der Waals surface area contributed by atoms with Crippen LogP contribution in [0.4, 0.5) is 0 Å². The lowest BCUT2D eigenvalue weighted by atomic mass is 10.2. The van der Waals surface area contributed by atoms with Crippen LogP contribution in [0, 0.1) is 3.57 Å². The SMILES string of the molecule is O=C(N/N=C\c1ccc(OCc2ccccc2)c(Br)c1)c1ccc(I)c(O)c1. The van der Waals surface area contributed by atoms with E-state index < -0.39 is 5.91 Å². The molecule has 0 aliphatic rings. The summed E-state index contributed by atoms with van der Waals surface area (Å²) in [6.07, 6.45) is 1.54. The van der Waals surface area contributed by atoms with Crippen LogP contribution >= 0.6 is 38.5 Å². The van der Waals surface area contributed by atoms with Crippen molar-refractivity contribution in [3.05, 3.63) is 91.5 Å². The van der Waals surface area contributed by atoms with Crippen molar-refractivity contribution in [2.24, 2.45) is 5.10 Å². The number of rotatable bonds is 6. The first-order valence-corrected chi connectivity index (χ1v) is 10.2. The Morgan fingerprint density at radius 1 is 1.14 bits per heavy atom. The monoisotopic (exact) mass is 550 g/mol. The molecule has 0 aliphatic carbocycles. The Morgan fingerprint density at radius 3 is 2.64 bits per heavy atom. The van der Waals surface area contributed by atoms with Crippen molar-refractivity contribution in [2.45, 2.75) is 6.61 Å². The molecule has 0 heterocycles. The molecule has 0 radical (unpaired) electrons. The molecule has 2 N–H and O–H groups in total. The Labute approximate surface area is 184 Å². The average Bonchev–Trinajstić information content (AvgIpc) is 2.70. The highest BCUT2D eigenvalue weighted by atomic mass is 127. The van der Waals surface area contributed by atoms with E-state index in [1.807, 2.05) is 71.1 Å². The predicted molar refractivity (Wildman–Crippen MR) is 121 cm³/mol. The summed E-state index contributed by atoms with van der Waals surface area (Å²) in [5.41, 5.74) is 4.66. The number of ether oxygens (including phenoxy) is 1. The maximum Gasteiger partial charge on any atom is 0.271 e. The minimum absolute atomic E-state index is 0.0623. The maximum absolute atomic E-state index is 12.1. The number of hydrazone groups is 1. The zero-order valence-electron chi connectivity index (χ0n) is 14.6. The summed E-state index contributed by atoms with van der Waals surface area (Å²) >= 11 is 5.48. The lowest BCUT2D eigenvalue weighted by Gasteiger charge is -2.09. The third-order valence-electron chi connectivity index (χ3n) is 3.78. The number of hydrogen-bond acceptors (Lipinski definition) is 4. The van der Waals surface area contributed by atoms with Crippen LogP contribution in [0.3, 0.4) is 0 Å². The molecule has 3 aromatic carbocycles. The molecule has 3 rings (SSSR count). The summed E-state index contributed by atoms with van der Waals surface area (Å²) in [5, 5.41) is 13.6. The van der Waals surface area contributed by atoms with E-state index in [0.29, 0.717) is 15.7 Å². The van der Waals surface area contributed by atoms with E-state index in [1.54, 1.807) is 12.1 Å². The van der Waals surface area contributed by atoms with Crippen molar-refractivity contribution >= 4 is 50.6 Å². The molecule has 0 aliphatic heterocycles. The number of phenolic OH excluding ortho intramolecular Hbond substituents is 1.